The molecule has 0 spiro atoms. The van der Waals surface area contributed by atoms with Crippen LogP contribution in [-0.2, 0) is 7.05 Å². The van der Waals surface area contributed by atoms with E-state index in [9.17, 15) is 4.79 Å². The fraction of sp³-hybridized carbons (Fsp3) is 0.0870. The van der Waals surface area contributed by atoms with Gasteiger partial charge in [0.05, 0.1) is 35.2 Å². The maximum atomic E-state index is 13.0. The number of amides is 1. The lowest BCUT2D eigenvalue weighted by molar-refractivity contribution is 0.0988. The number of rotatable bonds is 3. The maximum absolute atomic E-state index is 13.0. The van der Waals surface area contributed by atoms with Crippen molar-refractivity contribution in [2.75, 3.05) is 11.9 Å². The standard InChI is InChI=1S/C23H17N7O/c1-28-13-17-9-16(5-8-19(17)27-28)21-11-26-22-12-25-20(14-30(21)22)23(31)29(2)18-6-3-15(10-24)4-7-18/h3-9,11-14H,1-2H3. The number of nitriles is 1. The van der Waals surface area contributed by atoms with Gasteiger partial charge in [-0.15, -0.1) is 0 Å². The van der Waals surface area contributed by atoms with Crippen molar-refractivity contribution in [3.05, 3.63) is 78.5 Å². The second kappa shape index (κ2) is 7.07. The molecule has 0 radical (unpaired) electrons. The zero-order valence-corrected chi connectivity index (χ0v) is 16.9. The van der Waals surface area contributed by atoms with Gasteiger partial charge in [0.2, 0.25) is 0 Å². The summed E-state index contributed by atoms with van der Waals surface area (Å²) in [5.41, 5.74) is 4.91. The Morgan fingerprint density at radius 3 is 2.65 bits per heavy atom. The lowest BCUT2D eigenvalue weighted by Gasteiger charge is -2.17. The summed E-state index contributed by atoms with van der Waals surface area (Å²) in [5, 5.41) is 14.4. The second-order valence-corrected chi connectivity index (χ2v) is 7.24. The number of anilines is 1. The van der Waals surface area contributed by atoms with E-state index in [1.807, 2.05) is 29.8 Å². The van der Waals surface area contributed by atoms with Crippen LogP contribution in [-0.4, -0.2) is 37.1 Å². The fourth-order valence-electron chi connectivity index (χ4n) is 3.57. The average Bonchev–Trinajstić information content (AvgIpc) is 3.39. The van der Waals surface area contributed by atoms with Gasteiger partial charge in [0.25, 0.3) is 5.91 Å². The smallest absolute Gasteiger partial charge is 0.278 e. The van der Waals surface area contributed by atoms with Crippen LogP contribution in [0.5, 0.6) is 0 Å². The first-order chi connectivity index (χ1) is 15.0. The Hall–Kier alpha value is -4.51. The summed E-state index contributed by atoms with van der Waals surface area (Å²) in [7, 11) is 3.57. The van der Waals surface area contributed by atoms with Crippen molar-refractivity contribution in [3.8, 4) is 17.3 Å². The van der Waals surface area contributed by atoms with E-state index in [0.29, 0.717) is 22.6 Å². The molecule has 0 fully saturated rings. The molecule has 8 nitrogen and oxygen atoms in total. The molecule has 0 bridgehead atoms. The summed E-state index contributed by atoms with van der Waals surface area (Å²) < 4.78 is 3.65. The van der Waals surface area contributed by atoms with Crippen LogP contribution in [0.2, 0.25) is 0 Å². The number of hydrogen-bond acceptors (Lipinski definition) is 5. The molecule has 5 aromatic rings. The molecule has 0 atom stereocenters. The molecule has 3 heterocycles. The minimum Gasteiger partial charge on any atom is -0.310 e. The Bertz CT molecular complexity index is 1490. The SMILES string of the molecule is CN(C(=O)c1cn2c(-c3ccc4nn(C)cc4c3)cnc2cn1)c1ccc(C#N)cc1. The lowest BCUT2D eigenvalue weighted by atomic mass is 10.1. The Morgan fingerprint density at radius 2 is 1.87 bits per heavy atom. The van der Waals surface area contributed by atoms with Gasteiger partial charge in [0.1, 0.15) is 5.69 Å². The van der Waals surface area contributed by atoms with Crippen LogP contribution in [0.15, 0.2) is 67.3 Å². The number of carbonyl (C=O) groups is 1. The lowest BCUT2D eigenvalue weighted by Crippen LogP contribution is -2.27. The zero-order chi connectivity index (χ0) is 21.5. The first-order valence-electron chi connectivity index (χ1n) is 9.58. The number of nitrogens with zero attached hydrogens (tertiary/aromatic N) is 7. The highest BCUT2D eigenvalue weighted by atomic mass is 16.2. The van der Waals surface area contributed by atoms with Crippen molar-refractivity contribution < 1.29 is 4.79 Å². The molecular weight excluding hydrogens is 390 g/mol. The van der Waals surface area contributed by atoms with Crippen molar-refractivity contribution in [1.82, 2.24) is 24.1 Å². The summed E-state index contributed by atoms with van der Waals surface area (Å²) in [6, 6.07) is 14.9. The van der Waals surface area contributed by atoms with Crippen LogP contribution >= 0.6 is 0 Å². The van der Waals surface area contributed by atoms with Gasteiger partial charge in [0.15, 0.2) is 5.65 Å². The van der Waals surface area contributed by atoms with Crippen LogP contribution in [0.3, 0.4) is 0 Å². The van der Waals surface area contributed by atoms with E-state index in [2.05, 4.69) is 27.2 Å². The molecule has 0 aliphatic rings. The monoisotopic (exact) mass is 407 g/mol. The number of benzene rings is 2. The topological polar surface area (TPSA) is 92.1 Å². The Morgan fingerprint density at radius 1 is 1.06 bits per heavy atom. The van der Waals surface area contributed by atoms with E-state index >= 15 is 0 Å². The van der Waals surface area contributed by atoms with Gasteiger partial charge in [-0.2, -0.15) is 10.4 Å². The quantitative estimate of drug-likeness (QED) is 0.457. The Balaban J connectivity index is 1.53. The molecule has 150 valence electrons. The van der Waals surface area contributed by atoms with Crippen molar-refractivity contribution >= 4 is 28.1 Å². The maximum Gasteiger partial charge on any atom is 0.278 e. The van der Waals surface area contributed by atoms with E-state index in [1.165, 1.54) is 4.90 Å². The summed E-state index contributed by atoms with van der Waals surface area (Å²) in [6.45, 7) is 0. The number of hydrogen-bond donors (Lipinski definition) is 0. The molecule has 0 saturated carbocycles. The second-order valence-electron chi connectivity index (χ2n) is 7.24. The summed E-state index contributed by atoms with van der Waals surface area (Å²) >= 11 is 0. The molecule has 5 rings (SSSR count). The van der Waals surface area contributed by atoms with Gasteiger partial charge < -0.3 is 4.90 Å². The largest absolute Gasteiger partial charge is 0.310 e. The van der Waals surface area contributed by atoms with Gasteiger partial charge in [-0.3, -0.25) is 13.9 Å². The molecule has 2 aromatic carbocycles. The number of aromatic nitrogens is 5. The molecule has 8 heteroatoms. The van der Waals surface area contributed by atoms with Crippen LogP contribution in [0.25, 0.3) is 27.8 Å². The highest BCUT2D eigenvalue weighted by molar-refractivity contribution is 6.04. The van der Waals surface area contributed by atoms with Crippen molar-refractivity contribution in [2.24, 2.45) is 7.05 Å². The highest BCUT2D eigenvalue weighted by Crippen LogP contribution is 2.25. The predicted molar refractivity (Wildman–Crippen MR) is 117 cm³/mol. The normalized spacial score (nSPS) is 11.0. The van der Waals surface area contributed by atoms with Crippen LogP contribution < -0.4 is 4.90 Å². The minimum atomic E-state index is -0.256. The first kappa shape index (κ1) is 18.5. The van der Waals surface area contributed by atoms with Gasteiger partial charge in [-0.1, -0.05) is 6.07 Å². The fourth-order valence-corrected chi connectivity index (χ4v) is 3.57. The molecule has 0 aliphatic heterocycles. The van der Waals surface area contributed by atoms with Gasteiger partial charge in [-0.05, 0) is 36.4 Å². The van der Waals surface area contributed by atoms with Crippen LogP contribution in [0, 0.1) is 11.3 Å². The van der Waals surface area contributed by atoms with E-state index in [-0.39, 0.29) is 5.91 Å². The Kier molecular flexibility index (Phi) is 4.22. The summed E-state index contributed by atoms with van der Waals surface area (Å²) in [4.78, 5) is 23.3. The van der Waals surface area contributed by atoms with Crippen molar-refractivity contribution in [3.63, 3.8) is 0 Å². The third-order valence-electron chi connectivity index (χ3n) is 5.22. The summed E-state index contributed by atoms with van der Waals surface area (Å²) in [6.07, 6.45) is 7.03. The molecular formula is C23H17N7O. The van der Waals surface area contributed by atoms with E-state index in [1.54, 1.807) is 54.6 Å². The Labute approximate surface area is 177 Å². The third kappa shape index (κ3) is 3.18. The van der Waals surface area contributed by atoms with Crippen molar-refractivity contribution in [1.29, 1.82) is 5.26 Å². The third-order valence-corrected chi connectivity index (χ3v) is 5.22. The van der Waals surface area contributed by atoms with Crippen molar-refractivity contribution in [2.45, 2.75) is 0 Å². The molecule has 31 heavy (non-hydrogen) atoms. The van der Waals surface area contributed by atoms with Crippen LogP contribution in [0.1, 0.15) is 16.1 Å². The molecule has 0 unspecified atom stereocenters. The highest BCUT2D eigenvalue weighted by Gasteiger charge is 2.17. The summed E-state index contributed by atoms with van der Waals surface area (Å²) in [5.74, 6) is -0.256. The molecule has 0 saturated heterocycles. The number of aryl methyl sites for hydroxylation is 1. The minimum absolute atomic E-state index is 0.256. The van der Waals surface area contributed by atoms with Crippen LogP contribution in [0.4, 0.5) is 5.69 Å². The first-order valence-corrected chi connectivity index (χ1v) is 9.58. The molecule has 0 aliphatic carbocycles. The van der Waals surface area contributed by atoms with Gasteiger partial charge >= 0.3 is 0 Å². The molecule has 1 amide bonds. The average molecular weight is 407 g/mol. The molecule has 3 aromatic heterocycles. The molecule has 0 N–H and O–H groups in total. The van der Waals surface area contributed by atoms with E-state index in [0.717, 1.165) is 22.2 Å². The number of carbonyl (C=O) groups excluding carboxylic acids is 1. The van der Waals surface area contributed by atoms with E-state index in [4.69, 9.17) is 5.26 Å². The zero-order valence-electron chi connectivity index (χ0n) is 16.9. The van der Waals surface area contributed by atoms with Gasteiger partial charge in [0, 0.05) is 43.1 Å². The number of imidazole rings is 1. The number of fused-ring (bicyclic) bond motifs is 2. The van der Waals surface area contributed by atoms with E-state index < -0.39 is 0 Å². The predicted octanol–water partition coefficient (Wildman–Crippen LogP) is 3.43. The van der Waals surface area contributed by atoms with Gasteiger partial charge in [-0.25, -0.2) is 9.97 Å².